The lowest BCUT2D eigenvalue weighted by molar-refractivity contribution is -0.134. The maximum Gasteiger partial charge on any atom is 0.234 e. The molecule has 2 aliphatic rings. The van der Waals surface area contributed by atoms with Crippen molar-refractivity contribution in [1.82, 2.24) is 9.88 Å². The van der Waals surface area contributed by atoms with Crippen LogP contribution in [0.3, 0.4) is 0 Å². The van der Waals surface area contributed by atoms with E-state index in [-0.39, 0.29) is 5.41 Å². The molecule has 0 bridgehead atoms. The summed E-state index contributed by atoms with van der Waals surface area (Å²) >= 11 is 2.00. The Morgan fingerprint density at radius 2 is 2.29 bits per heavy atom. The van der Waals surface area contributed by atoms with E-state index in [4.69, 9.17) is 0 Å². The quantitative estimate of drug-likeness (QED) is 0.856. The molecule has 3 rings (SSSR count). The number of aromatic nitrogens is 1. The average molecular weight is 304 g/mol. The van der Waals surface area contributed by atoms with E-state index in [1.165, 1.54) is 12.8 Å². The predicted octanol–water partition coefficient (Wildman–Crippen LogP) is 3.25. The molecule has 4 heteroatoms. The van der Waals surface area contributed by atoms with Gasteiger partial charge in [0, 0.05) is 24.5 Å². The minimum Gasteiger partial charge on any atom is -0.341 e. The molecule has 0 aromatic carbocycles. The standard InChI is InChI=1S/C17H24N2OS/c1-2-21-14-7-4-6-12-19(13-14)16(20)17(9-10-17)15-8-3-5-11-18-15/h3,5,8,11,14H,2,4,6-7,9-10,12-13H2,1H3. The van der Waals surface area contributed by atoms with Crippen molar-refractivity contribution in [2.75, 3.05) is 18.8 Å². The van der Waals surface area contributed by atoms with E-state index in [1.54, 1.807) is 6.20 Å². The molecule has 3 nitrogen and oxygen atoms in total. The number of pyridine rings is 1. The smallest absolute Gasteiger partial charge is 0.234 e. The van der Waals surface area contributed by atoms with Gasteiger partial charge in [-0.2, -0.15) is 11.8 Å². The molecule has 1 aromatic rings. The number of nitrogens with zero attached hydrogens (tertiary/aromatic N) is 2. The number of carbonyl (C=O) groups is 1. The molecule has 21 heavy (non-hydrogen) atoms. The summed E-state index contributed by atoms with van der Waals surface area (Å²) in [6, 6.07) is 5.93. The molecule has 2 fully saturated rings. The first kappa shape index (κ1) is 14.9. The molecule has 0 spiro atoms. The van der Waals surface area contributed by atoms with Crippen molar-refractivity contribution in [3.05, 3.63) is 30.1 Å². The topological polar surface area (TPSA) is 33.2 Å². The summed E-state index contributed by atoms with van der Waals surface area (Å²) in [5.74, 6) is 1.46. The lowest BCUT2D eigenvalue weighted by Gasteiger charge is -2.28. The number of amides is 1. The van der Waals surface area contributed by atoms with Gasteiger partial charge in [0.2, 0.25) is 5.91 Å². The Bertz CT molecular complexity index is 487. The second-order valence-electron chi connectivity index (χ2n) is 6.12. The molecule has 114 valence electrons. The van der Waals surface area contributed by atoms with E-state index in [0.29, 0.717) is 11.2 Å². The van der Waals surface area contributed by atoms with E-state index in [2.05, 4.69) is 16.8 Å². The number of likely N-dealkylation sites (tertiary alicyclic amines) is 1. The van der Waals surface area contributed by atoms with E-state index >= 15 is 0 Å². The second-order valence-corrected chi connectivity index (χ2v) is 7.70. The summed E-state index contributed by atoms with van der Waals surface area (Å²) in [5, 5.41) is 0.612. The third-order valence-electron chi connectivity index (χ3n) is 4.63. The predicted molar refractivity (Wildman–Crippen MR) is 87.5 cm³/mol. The highest BCUT2D eigenvalue weighted by molar-refractivity contribution is 7.99. The molecular weight excluding hydrogens is 280 g/mol. The van der Waals surface area contributed by atoms with E-state index in [0.717, 1.165) is 43.8 Å². The highest BCUT2D eigenvalue weighted by atomic mass is 32.2. The molecule has 1 aromatic heterocycles. The van der Waals surface area contributed by atoms with Crippen LogP contribution in [0, 0.1) is 0 Å². The van der Waals surface area contributed by atoms with Gasteiger partial charge in [0.05, 0.1) is 11.1 Å². The van der Waals surface area contributed by atoms with E-state index < -0.39 is 0 Å². The van der Waals surface area contributed by atoms with Crippen molar-refractivity contribution < 1.29 is 4.79 Å². The maximum absolute atomic E-state index is 13.1. The number of hydrogen-bond acceptors (Lipinski definition) is 3. The number of rotatable bonds is 4. The third kappa shape index (κ3) is 3.10. The Morgan fingerprint density at radius 1 is 1.43 bits per heavy atom. The van der Waals surface area contributed by atoms with Crippen LogP contribution in [0.2, 0.25) is 0 Å². The van der Waals surface area contributed by atoms with Crippen LogP contribution >= 0.6 is 11.8 Å². The Hall–Kier alpha value is -1.03. The van der Waals surface area contributed by atoms with Gasteiger partial charge >= 0.3 is 0 Å². The Kier molecular flexibility index (Phi) is 4.53. The molecule has 1 aliphatic carbocycles. The normalized spacial score (nSPS) is 24.4. The Labute approximate surface area is 131 Å². The van der Waals surface area contributed by atoms with E-state index in [9.17, 15) is 4.79 Å². The lowest BCUT2D eigenvalue weighted by Crippen LogP contribution is -2.42. The summed E-state index contributed by atoms with van der Waals surface area (Å²) in [7, 11) is 0. The average Bonchev–Trinajstić information content (AvgIpc) is 3.33. The molecule has 1 saturated carbocycles. The van der Waals surface area contributed by atoms with Crippen LogP contribution in [0.25, 0.3) is 0 Å². The zero-order chi connectivity index (χ0) is 14.7. The van der Waals surface area contributed by atoms with Gasteiger partial charge in [-0.3, -0.25) is 9.78 Å². The van der Waals surface area contributed by atoms with Gasteiger partial charge in [-0.25, -0.2) is 0 Å². The molecule has 1 atom stereocenters. The largest absolute Gasteiger partial charge is 0.341 e. The summed E-state index contributed by atoms with van der Waals surface area (Å²) in [6.45, 7) is 4.05. The molecule has 1 aliphatic heterocycles. The van der Waals surface area contributed by atoms with Gasteiger partial charge in [0.1, 0.15) is 0 Å². The molecule has 1 saturated heterocycles. The first-order chi connectivity index (χ1) is 10.3. The number of carbonyl (C=O) groups excluding carboxylic acids is 1. The van der Waals surface area contributed by atoms with Crippen LogP contribution in [0.15, 0.2) is 24.4 Å². The molecule has 0 radical (unpaired) electrons. The number of thioether (sulfide) groups is 1. The van der Waals surface area contributed by atoms with Crippen molar-refractivity contribution >= 4 is 17.7 Å². The second kappa shape index (κ2) is 6.39. The molecule has 0 N–H and O–H groups in total. The highest BCUT2D eigenvalue weighted by Gasteiger charge is 2.54. The van der Waals surface area contributed by atoms with E-state index in [1.807, 2.05) is 30.0 Å². The summed E-state index contributed by atoms with van der Waals surface area (Å²) in [4.78, 5) is 19.6. The maximum atomic E-state index is 13.1. The fourth-order valence-electron chi connectivity index (χ4n) is 3.31. The monoisotopic (exact) mass is 304 g/mol. The van der Waals surface area contributed by atoms with Crippen LogP contribution < -0.4 is 0 Å². The third-order valence-corrected chi connectivity index (χ3v) is 5.82. The van der Waals surface area contributed by atoms with Gasteiger partial charge in [-0.15, -0.1) is 0 Å². The fourth-order valence-corrected chi connectivity index (χ4v) is 4.40. The van der Waals surface area contributed by atoms with Crippen LogP contribution in [-0.2, 0) is 10.2 Å². The van der Waals surface area contributed by atoms with Gasteiger partial charge in [0.15, 0.2) is 0 Å². The Morgan fingerprint density at radius 3 is 2.95 bits per heavy atom. The zero-order valence-corrected chi connectivity index (χ0v) is 13.6. The van der Waals surface area contributed by atoms with Gasteiger partial charge in [-0.05, 0) is 43.6 Å². The van der Waals surface area contributed by atoms with Crippen LogP contribution in [0.5, 0.6) is 0 Å². The first-order valence-corrected chi connectivity index (χ1v) is 9.13. The van der Waals surface area contributed by atoms with Crippen molar-refractivity contribution in [3.8, 4) is 0 Å². The molecule has 1 unspecified atom stereocenters. The molecule has 1 amide bonds. The lowest BCUT2D eigenvalue weighted by atomic mass is 9.99. The van der Waals surface area contributed by atoms with Crippen molar-refractivity contribution in [2.45, 2.75) is 49.7 Å². The van der Waals surface area contributed by atoms with Crippen molar-refractivity contribution in [2.24, 2.45) is 0 Å². The van der Waals surface area contributed by atoms with Crippen LogP contribution in [0.1, 0.15) is 44.7 Å². The Balaban J connectivity index is 1.75. The van der Waals surface area contributed by atoms with Crippen LogP contribution in [0.4, 0.5) is 0 Å². The molecule has 2 heterocycles. The number of hydrogen-bond donors (Lipinski definition) is 0. The minimum atomic E-state index is -0.299. The van der Waals surface area contributed by atoms with Crippen LogP contribution in [-0.4, -0.2) is 39.9 Å². The van der Waals surface area contributed by atoms with Crippen molar-refractivity contribution in [1.29, 1.82) is 0 Å². The van der Waals surface area contributed by atoms with Gasteiger partial charge in [-0.1, -0.05) is 19.4 Å². The zero-order valence-electron chi connectivity index (χ0n) is 12.8. The van der Waals surface area contributed by atoms with Gasteiger partial charge < -0.3 is 4.90 Å². The molecular formula is C17H24N2OS. The highest BCUT2D eigenvalue weighted by Crippen LogP contribution is 2.49. The van der Waals surface area contributed by atoms with Crippen molar-refractivity contribution in [3.63, 3.8) is 0 Å². The first-order valence-electron chi connectivity index (χ1n) is 8.09. The SMILES string of the molecule is CCSC1CCCCN(C(=O)C2(c3ccccn3)CC2)C1. The summed E-state index contributed by atoms with van der Waals surface area (Å²) in [5.41, 5.74) is 0.673. The van der Waals surface area contributed by atoms with Gasteiger partial charge in [0.25, 0.3) is 0 Å². The summed E-state index contributed by atoms with van der Waals surface area (Å²) < 4.78 is 0. The summed E-state index contributed by atoms with van der Waals surface area (Å²) in [6.07, 6.45) is 7.37. The fraction of sp³-hybridized carbons (Fsp3) is 0.647. The minimum absolute atomic E-state index is 0.299.